The van der Waals surface area contributed by atoms with E-state index in [9.17, 15) is 32.0 Å². The van der Waals surface area contributed by atoms with Crippen molar-refractivity contribution in [2.24, 2.45) is 12.8 Å². The first kappa shape index (κ1) is 33.2. The summed E-state index contributed by atoms with van der Waals surface area (Å²) in [4.78, 5) is 11.5. The minimum atomic E-state index is -4.78. The van der Waals surface area contributed by atoms with E-state index in [2.05, 4.69) is 15.4 Å². The van der Waals surface area contributed by atoms with Gasteiger partial charge in [-0.15, -0.1) is 14.0 Å². The highest BCUT2D eigenvalue weighted by atomic mass is 35.5. The molecule has 0 aliphatic heterocycles. The molecule has 0 fully saturated rings. The second kappa shape index (κ2) is 12.7. The van der Waals surface area contributed by atoms with E-state index < -0.39 is 36.2 Å². The van der Waals surface area contributed by atoms with E-state index >= 15 is 4.39 Å². The maximum atomic E-state index is 15.6. The van der Waals surface area contributed by atoms with Gasteiger partial charge in [0.15, 0.2) is 37.0 Å². The van der Waals surface area contributed by atoms with Crippen LogP contribution in [0, 0.1) is 11.0 Å². The molecule has 0 saturated heterocycles. The molecule has 0 saturated carbocycles. The van der Waals surface area contributed by atoms with Gasteiger partial charge in [-0.2, -0.15) is 31.8 Å². The predicted octanol–water partition coefficient (Wildman–Crippen LogP) is 4.61. The number of rotatable bonds is 9. The fourth-order valence-corrected chi connectivity index (χ4v) is 5.57. The summed E-state index contributed by atoms with van der Waals surface area (Å²) in [5, 5.41) is 22.8. The van der Waals surface area contributed by atoms with Gasteiger partial charge in [0.2, 0.25) is 17.8 Å². The Labute approximate surface area is 277 Å². The first-order valence-corrected chi connectivity index (χ1v) is 14.7. The average Bonchev–Trinajstić information content (AvgIpc) is 3.82. The van der Waals surface area contributed by atoms with Crippen LogP contribution in [0.1, 0.15) is 40.0 Å². The van der Waals surface area contributed by atoms with E-state index in [1.165, 1.54) is 24.3 Å². The molecule has 18 heteroatoms. The number of carbonyl (C=O) groups is 1. The van der Waals surface area contributed by atoms with Crippen molar-refractivity contribution in [2.75, 3.05) is 0 Å². The molecular weight excluding hydrogens is 680 g/mol. The van der Waals surface area contributed by atoms with E-state index in [0.717, 1.165) is 23.1 Å². The van der Waals surface area contributed by atoms with Crippen LogP contribution < -0.4 is 19.8 Å². The third-order valence-corrected chi connectivity index (χ3v) is 8.07. The van der Waals surface area contributed by atoms with Gasteiger partial charge in [-0.3, -0.25) is 4.79 Å². The highest BCUT2D eigenvalue weighted by molar-refractivity contribution is 6.31. The molecule has 0 radical (unpaired) electrons. The van der Waals surface area contributed by atoms with Crippen molar-refractivity contribution in [1.82, 2.24) is 24.8 Å². The summed E-state index contributed by atoms with van der Waals surface area (Å²) in [5.74, 6) is -1.60. The Balaban J connectivity index is 1.44. The molecule has 1 amide bonds. The molecule has 0 unspecified atom stereocenters. The van der Waals surface area contributed by atoms with Crippen LogP contribution in [0.3, 0.4) is 0 Å². The SMILES string of the molecule is C[n+]1cc(-c2ccc(C(N)=O)cc2)cn1[C@@H](Cc1ccn(C(F)F)n1)c1ccc(-c2c(-[n+]3cc(C(F)(F)F)n[nH]3)ccc(Cl)c2F)c[n+]1[O-]. The van der Waals surface area contributed by atoms with Crippen LogP contribution in [0.4, 0.5) is 26.3 Å². The zero-order valence-electron chi connectivity index (χ0n) is 25.1. The molecule has 11 nitrogen and oxygen atoms in total. The number of carbonyl (C=O) groups excluding carboxylic acids is 1. The third kappa shape index (κ3) is 6.56. The third-order valence-electron chi connectivity index (χ3n) is 7.78. The van der Waals surface area contributed by atoms with Crippen molar-refractivity contribution in [3.8, 4) is 27.9 Å². The van der Waals surface area contributed by atoms with Crippen LogP contribution >= 0.6 is 11.6 Å². The first-order valence-electron chi connectivity index (χ1n) is 14.3. The Morgan fingerprint density at radius 1 is 1.02 bits per heavy atom. The highest BCUT2D eigenvalue weighted by Gasteiger charge is 2.41. The van der Waals surface area contributed by atoms with E-state index in [-0.39, 0.29) is 39.6 Å². The van der Waals surface area contributed by atoms with Gasteiger partial charge in [-0.1, -0.05) is 28.9 Å². The lowest BCUT2D eigenvalue weighted by Gasteiger charge is -2.16. The summed E-state index contributed by atoms with van der Waals surface area (Å²) in [6.07, 6.45) is 1.41. The number of aryl methyl sites for hydroxylation is 1. The van der Waals surface area contributed by atoms with Crippen LogP contribution in [0.2, 0.25) is 5.02 Å². The normalized spacial score (nSPS) is 12.5. The summed E-state index contributed by atoms with van der Waals surface area (Å²) in [6.45, 7) is -2.89. The molecule has 0 spiro atoms. The number of nitrogens with two attached hydrogens (primary N) is 1. The fourth-order valence-electron chi connectivity index (χ4n) is 5.41. The zero-order valence-corrected chi connectivity index (χ0v) is 25.9. The summed E-state index contributed by atoms with van der Waals surface area (Å²) in [5.41, 5.74) is 5.67. The maximum Gasteiger partial charge on any atom is 0.464 e. The molecule has 0 aliphatic carbocycles. The Morgan fingerprint density at radius 3 is 2.35 bits per heavy atom. The van der Waals surface area contributed by atoms with E-state index in [1.54, 1.807) is 53.1 Å². The fraction of sp³-hybridized carbons (Fsp3) is 0.161. The number of benzene rings is 2. The van der Waals surface area contributed by atoms with Crippen LogP contribution in [0.15, 0.2) is 85.6 Å². The molecule has 4 aromatic heterocycles. The standard InChI is InChI=1S/C31H22ClF6N9O2/c1-43-13-20(17-2-4-18(5-3-17)29(39)48)14-46(43)25(12-21-10-11-44(41-21)30(34)35)23-8-6-19(15-47(23)49)27-24(9-7-22(32)28(27)33)45-16-26(40-42-45)31(36,37)38/h2-11,13-16,25,30H,12H2,1H3,(H-,39,48)/p+2/t25-/m0/s1. The van der Waals surface area contributed by atoms with Gasteiger partial charge in [-0.25, -0.2) is 9.07 Å². The molecule has 0 aliphatic rings. The molecular formula is C31H24ClF6N9O2+2. The van der Waals surface area contributed by atoms with Crippen LogP contribution in [-0.2, 0) is 19.6 Å². The van der Waals surface area contributed by atoms with Crippen molar-refractivity contribution in [2.45, 2.75) is 25.2 Å². The van der Waals surface area contributed by atoms with Gasteiger partial charge in [-0.05, 0) is 42.0 Å². The lowest BCUT2D eigenvalue weighted by Crippen LogP contribution is -2.45. The van der Waals surface area contributed by atoms with Crippen molar-refractivity contribution < 1.29 is 45.2 Å². The maximum absolute atomic E-state index is 15.6. The van der Waals surface area contributed by atoms with E-state index in [0.29, 0.717) is 32.3 Å². The van der Waals surface area contributed by atoms with Gasteiger partial charge >= 0.3 is 18.4 Å². The monoisotopic (exact) mass is 703 g/mol. The number of hydrogen-bond acceptors (Lipinski definition) is 4. The first-order chi connectivity index (χ1) is 23.2. The number of hydrogen-bond donors (Lipinski definition) is 2. The number of aromatic nitrogens is 8. The van der Waals surface area contributed by atoms with Crippen molar-refractivity contribution in [3.63, 3.8) is 0 Å². The van der Waals surface area contributed by atoms with Crippen LogP contribution in [0.25, 0.3) is 27.9 Å². The predicted molar refractivity (Wildman–Crippen MR) is 159 cm³/mol. The van der Waals surface area contributed by atoms with Crippen molar-refractivity contribution >= 4 is 17.5 Å². The summed E-state index contributed by atoms with van der Waals surface area (Å²) >= 11 is 6.05. The highest BCUT2D eigenvalue weighted by Crippen LogP contribution is 2.33. The van der Waals surface area contributed by atoms with Gasteiger partial charge < -0.3 is 10.9 Å². The minimum absolute atomic E-state index is 0.0303. The number of halogens is 7. The Morgan fingerprint density at radius 2 is 1.73 bits per heavy atom. The Kier molecular flexibility index (Phi) is 8.62. The van der Waals surface area contributed by atoms with Crippen LogP contribution in [-0.4, -0.2) is 30.7 Å². The molecule has 1 atom stereocenters. The molecule has 49 heavy (non-hydrogen) atoms. The number of H-pyrrole nitrogens is 1. The van der Waals surface area contributed by atoms with Gasteiger partial charge in [0.25, 0.3) is 0 Å². The number of alkyl halides is 5. The topological polar surface area (TPSA) is 129 Å². The average molecular weight is 704 g/mol. The van der Waals surface area contributed by atoms with Gasteiger partial charge in [0.1, 0.15) is 0 Å². The second-order valence-electron chi connectivity index (χ2n) is 10.9. The summed E-state index contributed by atoms with van der Waals surface area (Å²) in [6, 6.07) is 12.2. The van der Waals surface area contributed by atoms with E-state index in [1.807, 2.05) is 0 Å². The smallest absolute Gasteiger partial charge is 0.464 e. The number of nitrogens with one attached hydrogen (secondary N) is 1. The second-order valence-corrected chi connectivity index (χ2v) is 11.3. The van der Waals surface area contributed by atoms with Crippen molar-refractivity contribution in [3.05, 3.63) is 124 Å². The molecule has 6 aromatic rings. The molecule has 2 aromatic carbocycles. The van der Waals surface area contributed by atoms with Crippen LogP contribution in [0.5, 0.6) is 0 Å². The lowest BCUT2D eigenvalue weighted by atomic mass is 10.0. The largest absolute Gasteiger partial charge is 0.618 e. The molecule has 4 heterocycles. The van der Waals surface area contributed by atoms with Gasteiger partial charge in [0, 0.05) is 24.2 Å². The number of amides is 1. The molecule has 0 bridgehead atoms. The van der Waals surface area contributed by atoms with E-state index in [4.69, 9.17) is 17.3 Å². The molecule has 3 N–H and O–H groups in total. The molecule has 252 valence electrons. The lowest BCUT2D eigenvalue weighted by molar-refractivity contribution is -0.757. The number of pyridine rings is 1. The van der Waals surface area contributed by atoms with Crippen molar-refractivity contribution in [1.29, 1.82) is 0 Å². The zero-order chi connectivity index (χ0) is 35.2. The van der Waals surface area contributed by atoms with Gasteiger partial charge in [0.05, 0.1) is 38.7 Å². The number of aromatic amines is 1. The minimum Gasteiger partial charge on any atom is -0.618 e. The summed E-state index contributed by atoms with van der Waals surface area (Å²) in [7, 11) is 1.69. The molecule has 6 rings (SSSR count). The quantitative estimate of drug-likeness (QED) is 0.129. The summed E-state index contributed by atoms with van der Waals surface area (Å²) < 4.78 is 87.2. The number of nitrogens with zero attached hydrogens (tertiary/aromatic N) is 7. The number of primary amides is 1. The Hall–Kier alpha value is -5.71. The Bertz CT molecular complexity index is 2180.